The molecule has 0 unspecified atom stereocenters. The van der Waals surface area contributed by atoms with E-state index in [0.717, 1.165) is 16.4 Å². The van der Waals surface area contributed by atoms with Crippen LogP contribution in [0.1, 0.15) is 22.8 Å². The Labute approximate surface area is 236 Å². The van der Waals surface area contributed by atoms with Crippen molar-refractivity contribution in [3.8, 4) is 0 Å². The van der Waals surface area contributed by atoms with Gasteiger partial charge in [0, 0.05) is 17.3 Å². The number of carbonyl (C=O) groups excluding carboxylic acids is 2. The summed E-state index contributed by atoms with van der Waals surface area (Å²) in [5, 5.41) is 18.4. The standard InChI is InChI=1S/C29H25N5O6S/c1-21(22-16-18-24(19-17-22)30-29(36)23-10-4-2-5-11-23)31-32-28(35)20-33(25-12-6-3-7-13-25)41(39,40)27-15-9-8-14-26(27)34(37)38/h2-19H,20H2,1H3,(H,30,36)(H,32,35)/b31-21-. The molecule has 0 fully saturated rings. The lowest BCUT2D eigenvalue weighted by atomic mass is 10.1. The third-order valence-corrected chi connectivity index (χ3v) is 7.73. The molecular weight excluding hydrogens is 546 g/mol. The van der Waals surface area contributed by atoms with Crippen LogP contribution in [0.3, 0.4) is 0 Å². The molecule has 41 heavy (non-hydrogen) atoms. The van der Waals surface area contributed by atoms with Gasteiger partial charge in [-0.3, -0.25) is 24.0 Å². The Kier molecular flexibility index (Phi) is 8.85. The van der Waals surface area contributed by atoms with Gasteiger partial charge in [-0.1, -0.05) is 60.7 Å². The van der Waals surface area contributed by atoms with Crippen LogP contribution in [-0.4, -0.2) is 37.4 Å². The summed E-state index contributed by atoms with van der Waals surface area (Å²) in [4.78, 5) is 35.4. The van der Waals surface area contributed by atoms with Gasteiger partial charge in [0.1, 0.15) is 6.54 Å². The minimum Gasteiger partial charge on any atom is -0.322 e. The Hall–Kier alpha value is -5.36. The summed E-state index contributed by atoms with van der Waals surface area (Å²) in [7, 11) is -4.50. The van der Waals surface area contributed by atoms with Gasteiger partial charge in [-0.15, -0.1) is 0 Å². The van der Waals surface area contributed by atoms with E-state index in [1.54, 1.807) is 73.7 Å². The average Bonchev–Trinajstić information content (AvgIpc) is 2.99. The molecule has 2 N–H and O–H groups in total. The Bertz CT molecular complexity index is 1690. The van der Waals surface area contributed by atoms with E-state index in [1.165, 1.54) is 24.3 Å². The topological polar surface area (TPSA) is 151 Å². The average molecular weight is 572 g/mol. The molecule has 0 aliphatic rings. The number of amides is 2. The molecule has 0 radical (unpaired) electrons. The van der Waals surface area contributed by atoms with Crippen LogP contribution in [0.25, 0.3) is 0 Å². The number of anilines is 2. The van der Waals surface area contributed by atoms with E-state index in [2.05, 4.69) is 15.8 Å². The molecule has 0 spiro atoms. The summed E-state index contributed by atoms with van der Waals surface area (Å²) in [6.07, 6.45) is 0. The number of nitrogens with zero attached hydrogens (tertiary/aromatic N) is 3. The van der Waals surface area contributed by atoms with Gasteiger partial charge in [0.15, 0.2) is 4.90 Å². The van der Waals surface area contributed by atoms with E-state index in [4.69, 9.17) is 0 Å². The number of rotatable bonds is 10. The van der Waals surface area contributed by atoms with E-state index >= 15 is 0 Å². The molecule has 0 saturated carbocycles. The van der Waals surface area contributed by atoms with Crippen LogP contribution >= 0.6 is 0 Å². The Morgan fingerprint density at radius 2 is 1.41 bits per heavy atom. The van der Waals surface area contributed by atoms with Crippen LogP contribution in [0.2, 0.25) is 0 Å². The summed E-state index contributed by atoms with van der Waals surface area (Å²) in [6.45, 7) is 0.969. The van der Waals surface area contributed by atoms with Crippen LogP contribution in [0.5, 0.6) is 0 Å². The number of nitro benzene ring substituents is 1. The first-order chi connectivity index (χ1) is 19.7. The van der Waals surface area contributed by atoms with E-state index in [1.807, 2.05) is 6.07 Å². The maximum absolute atomic E-state index is 13.5. The number of nitro groups is 1. The second kappa shape index (κ2) is 12.7. The number of sulfonamides is 1. The van der Waals surface area contributed by atoms with Gasteiger partial charge in [-0.05, 0) is 55.0 Å². The number of hydrogen-bond donors (Lipinski definition) is 2. The maximum Gasteiger partial charge on any atom is 0.289 e. The lowest BCUT2D eigenvalue weighted by Crippen LogP contribution is -2.40. The Balaban J connectivity index is 1.49. The molecule has 0 bridgehead atoms. The van der Waals surface area contributed by atoms with Crippen LogP contribution in [0.15, 0.2) is 119 Å². The highest BCUT2D eigenvalue weighted by Crippen LogP contribution is 2.29. The molecule has 208 valence electrons. The van der Waals surface area contributed by atoms with E-state index in [9.17, 15) is 28.1 Å². The number of hydrogen-bond acceptors (Lipinski definition) is 7. The fraction of sp³-hybridized carbons (Fsp3) is 0.0690. The quantitative estimate of drug-likeness (QED) is 0.162. The first kappa shape index (κ1) is 28.6. The van der Waals surface area contributed by atoms with Crippen molar-refractivity contribution in [3.05, 3.63) is 130 Å². The zero-order chi connectivity index (χ0) is 29.4. The SMILES string of the molecule is C/C(=N/NC(=O)CN(c1ccccc1)S(=O)(=O)c1ccccc1[N+](=O)[O-])c1ccc(NC(=O)c2ccccc2)cc1. The predicted molar refractivity (Wildman–Crippen MR) is 155 cm³/mol. The van der Waals surface area contributed by atoms with E-state index in [-0.39, 0.29) is 11.6 Å². The van der Waals surface area contributed by atoms with Gasteiger partial charge >= 0.3 is 0 Å². The van der Waals surface area contributed by atoms with Gasteiger partial charge in [0.2, 0.25) is 0 Å². The molecule has 12 heteroatoms. The molecule has 0 saturated heterocycles. The number of nitrogens with one attached hydrogen (secondary N) is 2. The minimum atomic E-state index is -4.50. The second-order valence-corrected chi connectivity index (χ2v) is 10.5. The van der Waals surface area contributed by atoms with Crippen LogP contribution in [0, 0.1) is 10.1 Å². The van der Waals surface area contributed by atoms with Crippen molar-refractivity contribution >= 4 is 44.6 Å². The molecule has 0 aromatic heterocycles. The molecule has 0 aliphatic carbocycles. The number of para-hydroxylation sites is 2. The zero-order valence-electron chi connectivity index (χ0n) is 21.8. The molecule has 2 amide bonds. The molecule has 0 aliphatic heterocycles. The van der Waals surface area contributed by atoms with Gasteiger partial charge in [-0.25, -0.2) is 13.8 Å². The molecule has 4 aromatic rings. The van der Waals surface area contributed by atoms with Crippen molar-refractivity contribution in [2.24, 2.45) is 5.10 Å². The molecule has 0 heterocycles. The number of benzene rings is 4. The number of carbonyl (C=O) groups is 2. The summed E-state index contributed by atoms with van der Waals surface area (Å²) >= 11 is 0. The molecule has 4 rings (SSSR count). The fourth-order valence-electron chi connectivity index (χ4n) is 3.82. The van der Waals surface area contributed by atoms with Crippen LogP contribution in [-0.2, 0) is 14.8 Å². The third kappa shape index (κ3) is 6.99. The zero-order valence-corrected chi connectivity index (χ0v) is 22.6. The first-order valence-corrected chi connectivity index (χ1v) is 13.7. The van der Waals surface area contributed by atoms with Crippen molar-refractivity contribution in [1.82, 2.24) is 5.43 Å². The van der Waals surface area contributed by atoms with Gasteiger partial charge < -0.3 is 5.32 Å². The highest BCUT2D eigenvalue weighted by Gasteiger charge is 2.33. The molecular formula is C29H25N5O6S. The largest absolute Gasteiger partial charge is 0.322 e. The first-order valence-electron chi connectivity index (χ1n) is 12.3. The highest BCUT2D eigenvalue weighted by molar-refractivity contribution is 7.93. The summed E-state index contributed by atoms with van der Waals surface area (Å²) in [5.41, 5.74) is 4.05. The van der Waals surface area contributed by atoms with Crippen molar-refractivity contribution in [2.45, 2.75) is 11.8 Å². The van der Waals surface area contributed by atoms with Crippen molar-refractivity contribution in [1.29, 1.82) is 0 Å². The summed E-state index contributed by atoms with van der Waals surface area (Å²) in [6, 6.07) is 28.3. The Morgan fingerprint density at radius 3 is 2.05 bits per heavy atom. The van der Waals surface area contributed by atoms with Crippen LogP contribution in [0.4, 0.5) is 17.1 Å². The maximum atomic E-state index is 13.5. The minimum absolute atomic E-state index is 0.148. The smallest absolute Gasteiger partial charge is 0.289 e. The number of hydrazone groups is 1. The summed E-state index contributed by atoms with van der Waals surface area (Å²) < 4.78 is 27.8. The lowest BCUT2D eigenvalue weighted by molar-refractivity contribution is -0.387. The fourth-order valence-corrected chi connectivity index (χ4v) is 5.40. The van der Waals surface area contributed by atoms with Gasteiger partial charge in [0.05, 0.1) is 16.3 Å². The van der Waals surface area contributed by atoms with Crippen LogP contribution < -0.4 is 15.0 Å². The summed E-state index contributed by atoms with van der Waals surface area (Å²) in [5.74, 6) is -1.02. The Morgan fingerprint density at radius 1 is 0.829 bits per heavy atom. The predicted octanol–water partition coefficient (Wildman–Crippen LogP) is 4.58. The van der Waals surface area contributed by atoms with E-state index < -0.39 is 38.0 Å². The van der Waals surface area contributed by atoms with Crippen molar-refractivity contribution in [2.75, 3.05) is 16.2 Å². The van der Waals surface area contributed by atoms with Gasteiger partial charge in [-0.2, -0.15) is 5.10 Å². The van der Waals surface area contributed by atoms with E-state index in [0.29, 0.717) is 22.5 Å². The van der Waals surface area contributed by atoms with Crippen molar-refractivity contribution < 1.29 is 22.9 Å². The molecule has 4 aromatic carbocycles. The van der Waals surface area contributed by atoms with Gasteiger partial charge in [0.25, 0.3) is 27.5 Å². The second-order valence-electron chi connectivity index (χ2n) is 8.70. The normalized spacial score (nSPS) is 11.4. The van der Waals surface area contributed by atoms with Crippen molar-refractivity contribution in [3.63, 3.8) is 0 Å². The highest BCUT2D eigenvalue weighted by atomic mass is 32.2. The monoisotopic (exact) mass is 571 g/mol. The third-order valence-electron chi connectivity index (χ3n) is 5.91. The molecule has 11 nitrogen and oxygen atoms in total. The molecule has 0 atom stereocenters. The lowest BCUT2D eigenvalue weighted by Gasteiger charge is -2.23.